The summed E-state index contributed by atoms with van der Waals surface area (Å²) in [6.07, 6.45) is 3.31. The Balaban J connectivity index is 2.35. The number of carboxylic acid groups (broad SMARTS) is 1. The topological polar surface area (TPSA) is 68.7 Å². The van der Waals surface area contributed by atoms with Crippen molar-refractivity contribution in [3.63, 3.8) is 0 Å². The van der Waals surface area contributed by atoms with Gasteiger partial charge in [0.2, 0.25) is 0 Å². The number of hydrogen-bond donors (Lipinski definition) is 1. The third kappa shape index (κ3) is 2.82. The van der Waals surface area contributed by atoms with E-state index in [0.717, 1.165) is 5.56 Å². The zero-order chi connectivity index (χ0) is 13.8. The molecule has 1 N–H and O–H groups in total. The van der Waals surface area contributed by atoms with Crippen LogP contribution < -0.4 is 9.47 Å². The van der Waals surface area contributed by atoms with Crippen LogP contribution in [-0.2, 0) is 0 Å². The number of aromatic nitrogens is 1. The number of pyridine rings is 1. The predicted octanol–water partition coefficient (Wildman–Crippen LogP) is 2.89. The van der Waals surface area contributed by atoms with Gasteiger partial charge in [-0.1, -0.05) is 0 Å². The van der Waals surface area contributed by atoms with Crippen molar-refractivity contribution in [2.75, 3.05) is 7.11 Å². The van der Waals surface area contributed by atoms with Crippen LogP contribution in [0.1, 0.15) is 15.9 Å². The van der Waals surface area contributed by atoms with Gasteiger partial charge in [-0.25, -0.2) is 4.79 Å². The second-order valence-corrected chi connectivity index (χ2v) is 3.91. The Bertz CT molecular complexity index is 610. The fraction of sp³-hybridized carbons (Fsp3) is 0.143. The standard InChI is InChI=1S/C14H13NO4/c1-9-8-15-6-5-11(9)19-12-4-3-10(14(16)17)7-13(12)18-2/h3-8H,1-2H3,(H,16,17). The summed E-state index contributed by atoms with van der Waals surface area (Å²) in [6, 6.07) is 6.20. The smallest absolute Gasteiger partial charge is 0.335 e. The molecule has 0 aliphatic carbocycles. The van der Waals surface area contributed by atoms with Crippen LogP contribution in [0.15, 0.2) is 36.7 Å². The van der Waals surface area contributed by atoms with Crippen molar-refractivity contribution < 1.29 is 19.4 Å². The number of carbonyl (C=O) groups is 1. The van der Waals surface area contributed by atoms with Crippen LogP contribution in [0.3, 0.4) is 0 Å². The van der Waals surface area contributed by atoms with Crippen LogP contribution in [0.5, 0.6) is 17.2 Å². The summed E-state index contributed by atoms with van der Waals surface area (Å²) in [5.41, 5.74) is 1.03. The highest BCUT2D eigenvalue weighted by Gasteiger charge is 2.11. The zero-order valence-corrected chi connectivity index (χ0v) is 10.6. The molecule has 0 spiro atoms. The molecule has 5 nitrogen and oxygen atoms in total. The Morgan fingerprint density at radius 1 is 1.21 bits per heavy atom. The van der Waals surface area contributed by atoms with Crippen molar-refractivity contribution in [3.05, 3.63) is 47.8 Å². The number of nitrogens with zero attached hydrogens (tertiary/aromatic N) is 1. The van der Waals surface area contributed by atoms with Crippen molar-refractivity contribution in [2.45, 2.75) is 6.92 Å². The Morgan fingerprint density at radius 3 is 2.63 bits per heavy atom. The highest BCUT2D eigenvalue weighted by Crippen LogP contribution is 2.33. The molecule has 0 bridgehead atoms. The lowest BCUT2D eigenvalue weighted by Gasteiger charge is -2.12. The number of hydrogen-bond acceptors (Lipinski definition) is 4. The second-order valence-electron chi connectivity index (χ2n) is 3.91. The highest BCUT2D eigenvalue weighted by atomic mass is 16.5. The first kappa shape index (κ1) is 12.9. The Kier molecular flexibility index (Phi) is 3.66. The highest BCUT2D eigenvalue weighted by molar-refractivity contribution is 5.88. The summed E-state index contributed by atoms with van der Waals surface area (Å²) in [4.78, 5) is 14.9. The molecule has 2 aromatic rings. The van der Waals surface area contributed by atoms with E-state index in [0.29, 0.717) is 17.2 Å². The Morgan fingerprint density at radius 2 is 2.00 bits per heavy atom. The third-order valence-electron chi connectivity index (χ3n) is 2.60. The minimum Gasteiger partial charge on any atom is -0.493 e. The van der Waals surface area contributed by atoms with E-state index in [1.807, 2.05) is 6.92 Å². The van der Waals surface area contributed by atoms with Crippen LogP contribution in [0.25, 0.3) is 0 Å². The van der Waals surface area contributed by atoms with Crippen LogP contribution >= 0.6 is 0 Å². The maximum atomic E-state index is 10.9. The zero-order valence-electron chi connectivity index (χ0n) is 10.6. The monoisotopic (exact) mass is 259 g/mol. The van der Waals surface area contributed by atoms with Crippen molar-refractivity contribution >= 4 is 5.97 Å². The first-order chi connectivity index (χ1) is 9.11. The average molecular weight is 259 g/mol. The number of ether oxygens (including phenoxy) is 2. The lowest BCUT2D eigenvalue weighted by Crippen LogP contribution is -1.98. The van der Waals surface area contributed by atoms with Gasteiger partial charge in [-0.3, -0.25) is 4.98 Å². The second kappa shape index (κ2) is 5.39. The van der Waals surface area contributed by atoms with Crippen LogP contribution in [-0.4, -0.2) is 23.2 Å². The summed E-state index contributed by atoms with van der Waals surface area (Å²) in [6.45, 7) is 1.88. The Hall–Kier alpha value is -2.56. The average Bonchev–Trinajstić information content (AvgIpc) is 2.41. The molecule has 2 rings (SSSR count). The Labute approximate surface area is 110 Å². The van der Waals surface area contributed by atoms with Gasteiger partial charge in [-0.05, 0) is 31.2 Å². The first-order valence-electron chi connectivity index (χ1n) is 5.61. The van der Waals surface area contributed by atoms with Gasteiger partial charge in [0.05, 0.1) is 12.7 Å². The minimum atomic E-state index is -1.01. The number of aromatic carboxylic acids is 1. The molecule has 19 heavy (non-hydrogen) atoms. The van der Waals surface area contributed by atoms with Gasteiger partial charge < -0.3 is 14.6 Å². The maximum absolute atomic E-state index is 10.9. The van der Waals surface area contributed by atoms with E-state index in [-0.39, 0.29) is 5.56 Å². The fourth-order valence-electron chi connectivity index (χ4n) is 1.58. The first-order valence-corrected chi connectivity index (χ1v) is 5.61. The molecular formula is C14H13NO4. The van der Waals surface area contributed by atoms with Crippen LogP contribution in [0.4, 0.5) is 0 Å². The SMILES string of the molecule is COc1cc(C(=O)O)ccc1Oc1ccncc1C. The van der Waals surface area contributed by atoms with E-state index >= 15 is 0 Å². The van der Waals surface area contributed by atoms with Gasteiger partial charge in [0.25, 0.3) is 0 Å². The molecule has 1 heterocycles. The molecule has 0 aliphatic heterocycles. The molecule has 0 radical (unpaired) electrons. The molecule has 1 aromatic heterocycles. The van der Waals surface area contributed by atoms with Crippen LogP contribution in [0, 0.1) is 6.92 Å². The van der Waals surface area contributed by atoms with Gasteiger partial charge in [-0.2, -0.15) is 0 Å². The quantitative estimate of drug-likeness (QED) is 0.914. The van der Waals surface area contributed by atoms with Crippen molar-refractivity contribution in [3.8, 4) is 17.2 Å². The molecule has 0 saturated carbocycles. The van der Waals surface area contributed by atoms with Crippen molar-refractivity contribution in [1.82, 2.24) is 4.98 Å². The van der Waals surface area contributed by atoms with Crippen LogP contribution in [0.2, 0.25) is 0 Å². The van der Waals surface area contributed by atoms with E-state index in [1.165, 1.54) is 19.2 Å². The summed E-state index contributed by atoms with van der Waals surface area (Å²) in [7, 11) is 1.47. The minimum absolute atomic E-state index is 0.149. The summed E-state index contributed by atoms with van der Waals surface area (Å²) >= 11 is 0. The van der Waals surface area contributed by atoms with E-state index < -0.39 is 5.97 Å². The summed E-state index contributed by atoms with van der Waals surface area (Å²) < 4.78 is 10.9. The predicted molar refractivity (Wildman–Crippen MR) is 69.0 cm³/mol. The van der Waals surface area contributed by atoms with Crippen molar-refractivity contribution in [2.24, 2.45) is 0 Å². The fourth-order valence-corrected chi connectivity index (χ4v) is 1.58. The largest absolute Gasteiger partial charge is 0.493 e. The maximum Gasteiger partial charge on any atom is 0.335 e. The number of rotatable bonds is 4. The summed E-state index contributed by atoms with van der Waals surface area (Å²) in [5, 5.41) is 8.92. The molecule has 1 aromatic carbocycles. The van der Waals surface area contributed by atoms with E-state index in [1.54, 1.807) is 24.5 Å². The van der Waals surface area contributed by atoms with E-state index in [2.05, 4.69) is 4.98 Å². The molecule has 0 atom stereocenters. The molecule has 0 saturated heterocycles. The number of methoxy groups -OCH3 is 1. The summed E-state index contributed by atoms with van der Waals surface area (Å²) in [5.74, 6) is 0.472. The lowest BCUT2D eigenvalue weighted by molar-refractivity contribution is 0.0696. The molecule has 98 valence electrons. The van der Waals surface area contributed by atoms with Gasteiger partial charge in [0, 0.05) is 18.0 Å². The van der Waals surface area contributed by atoms with Gasteiger partial charge >= 0.3 is 5.97 Å². The molecule has 0 fully saturated rings. The van der Waals surface area contributed by atoms with Crippen molar-refractivity contribution in [1.29, 1.82) is 0 Å². The molecule has 5 heteroatoms. The van der Waals surface area contributed by atoms with Gasteiger partial charge in [0.1, 0.15) is 5.75 Å². The molecule has 0 amide bonds. The normalized spacial score (nSPS) is 10.0. The molecule has 0 aliphatic rings. The van der Waals surface area contributed by atoms with E-state index in [9.17, 15) is 4.79 Å². The van der Waals surface area contributed by atoms with Gasteiger partial charge in [-0.15, -0.1) is 0 Å². The number of aryl methyl sites for hydroxylation is 1. The third-order valence-corrected chi connectivity index (χ3v) is 2.60. The molecule has 0 unspecified atom stereocenters. The number of carboxylic acids is 1. The van der Waals surface area contributed by atoms with E-state index in [4.69, 9.17) is 14.6 Å². The van der Waals surface area contributed by atoms with Gasteiger partial charge in [0.15, 0.2) is 11.5 Å². The molecular weight excluding hydrogens is 246 g/mol. The number of benzene rings is 1. The lowest BCUT2D eigenvalue weighted by atomic mass is 10.2.